The van der Waals surface area contributed by atoms with Crippen LogP contribution in [0.2, 0.25) is 4.34 Å². The van der Waals surface area contributed by atoms with Crippen LogP contribution in [-0.4, -0.2) is 47.8 Å². The van der Waals surface area contributed by atoms with Gasteiger partial charge in [-0.05, 0) is 43.7 Å². The number of anilines is 1. The summed E-state index contributed by atoms with van der Waals surface area (Å²) in [5.41, 5.74) is 2.47. The van der Waals surface area contributed by atoms with E-state index in [1.807, 2.05) is 19.1 Å². The van der Waals surface area contributed by atoms with E-state index < -0.39 is 17.8 Å². The predicted octanol–water partition coefficient (Wildman–Crippen LogP) is 3.61. The second-order valence-electron chi connectivity index (χ2n) is 7.28. The fourth-order valence-electron chi connectivity index (χ4n) is 3.43. The van der Waals surface area contributed by atoms with Crippen LogP contribution in [-0.2, 0) is 4.74 Å². The Morgan fingerprint density at radius 3 is 2.88 bits per heavy atom. The van der Waals surface area contributed by atoms with Crippen molar-refractivity contribution in [1.82, 2.24) is 15.3 Å². The molecule has 3 heterocycles. The standard InChI is InChI=1S/C22H21ClN4O5S/c1-3-31-21-20(29)25-10-16(26-21)15-5-4-13(8-12(15)2)27-11-14(32-22(27)30)9-24-19(28)17-6-7-18(23)33-17/h4-8,10,14H,3,9,11H2,1-2H3,(H,24,28)(H,25,29)/t14-/m0/s1. The van der Waals surface area contributed by atoms with E-state index in [2.05, 4.69) is 15.3 Å². The van der Waals surface area contributed by atoms with Crippen molar-refractivity contribution in [3.05, 3.63) is 61.7 Å². The number of hydrogen-bond donors (Lipinski definition) is 2. The van der Waals surface area contributed by atoms with Crippen LogP contribution in [0.25, 0.3) is 11.3 Å². The quantitative estimate of drug-likeness (QED) is 0.525. The van der Waals surface area contributed by atoms with Gasteiger partial charge in [-0.15, -0.1) is 11.3 Å². The van der Waals surface area contributed by atoms with Crippen molar-refractivity contribution in [2.75, 3.05) is 24.6 Å². The second-order valence-corrected chi connectivity index (χ2v) is 9.00. The van der Waals surface area contributed by atoms with Crippen LogP contribution in [0.1, 0.15) is 22.2 Å². The lowest BCUT2D eigenvalue weighted by atomic mass is 10.0. The number of benzene rings is 1. The summed E-state index contributed by atoms with van der Waals surface area (Å²) < 4.78 is 11.2. The number of carbonyl (C=O) groups is 2. The third-order valence-corrected chi connectivity index (χ3v) is 6.23. The van der Waals surface area contributed by atoms with Gasteiger partial charge in [-0.2, -0.15) is 0 Å². The van der Waals surface area contributed by atoms with Crippen LogP contribution in [0.5, 0.6) is 5.88 Å². The SMILES string of the molecule is CCOc1nc(-c2ccc(N3C[C@H](CNC(=O)c4ccc(Cl)s4)OC3=O)cc2C)c[nH]c1=O. The first-order valence-electron chi connectivity index (χ1n) is 10.2. The van der Waals surface area contributed by atoms with E-state index in [4.69, 9.17) is 21.1 Å². The highest BCUT2D eigenvalue weighted by atomic mass is 35.5. The van der Waals surface area contributed by atoms with E-state index in [-0.39, 0.29) is 18.3 Å². The lowest BCUT2D eigenvalue weighted by Crippen LogP contribution is -2.34. The molecule has 0 spiro atoms. The molecular formula is C22H21ClN4O5S. The summed E-state index contributed by atoms with van der Waals surface area (Å²) in [5.74, 6) is -0.252. The van der Waals surface area contributed by atoms with E-state index in [9.17, 15) is 14.4 Å². The number of cyclic esters (lactones) is 1. The zero-order chi connectivity index (χ0) is 23.5. The fourth-order valence-corrected chi connectivity index (χ4v) is 4.39. The van der Waals surface area contributed by atoms with Gasteiger partial charge in [0.25, 0.3) is 11.8 Å². The molecule has 4 rings (SSSR count). The van der Waals surface area contributed by atoms with Crippen LogP contribution >= 0.6 is 22.9 Å². The normalized spacial score (nSPS) is 15.4. The first-order valence-corrected chi connectivity index (χ1v) is 11.4. The second kappa shape index (κ2) is 9.63. The summed E-state index contributed by atoms with van der Waals surface area (Å²) in [4.78, 5) is 45.4. The van der Waals surface area contributed by atoms with Gasteiger partial charge in [0.1, 0.15) is 6.10 Å². The molecule has 9 nitrogen and oxygen atoms in total. The molecule has 1 fully saturated rings. The van der Waals surface area contributed by atoms with Crippen molar-refractivity contribution in [2.24, 2.45) is 0 Å². The molecule has 33 heavy (non-hydrogen) atoms. The number of rotatable bonds is 7. The Morgan fingerprint density at radius 1 is 1.36 bits per heavy atom. The van der Waals surface area contributed by atoms with Crippen LogP contribution in [0, 0.1) is 6.92 Å². The van der Waals surface area contributed by atoms with Crippen molar-refractivity contribution in [3.63, 3.8) is 0 Å². The lowest BCUT2D eigenvalue weighted by molar-refractivity contribution is 0.0920. The van der Waals surface area contributed by atoms with Crippen molar-refractivity contribution in [1.29, 1.82) is 0 Å². The highest BCUT2D eigenvalue weighted by Gasteiger charge is 2.33. The number of amides is 2. The van der Waals surface area contributed by atoms with Gasteiger partial charge in [0.15, 0.2) is 0 Å². The number of aryl methyl sites for hydroxylation is 1. The lowest BCUT2D eigenvalue weighted by Gasteiger charge is -2.15. The topological polar surface area (TPSA) is 114 Å². The highest BCUT2D eigenvalue weighted by molar-refractivity contribution is 7.18. The number of ether oxygens (including phenoxy) is 2. The Hall–Kier alpha value is -3.37. The molecular weight excluding hydrogens is 468 g/mol. The number of hydrogen-bond acceptors (Lipinski definition) is 7. The van der Waals surface area contributed by atoms with Crippen molar-refractivity contribution in [3.8, 4) is 17.1 Å². The molecule has 172 valence electrons. The molecule has 3 aromatic rings. The van der Waals surface area contributed by atoms with Gasteiger partial charge >= 0.3 is 11.7 Å². The molecule has 0 unspecified atom stereocenters. The molecule has 0 bridgehead atoms. The van der Waals surface area contributed by atoms with E-state index in [0.717, 1.165) is 11.1 Å². The number of H-pyrrole nitrogens is 1. The predicted molar refractivity (Wildman–Crippen MR) is 125 cm³/mol. The maximum atomic E-state index is 12.4. The van der Waals surface area contributed by atoms with Gasteiger partial charge in [0, 0.05) is 17.4 Å². The molecule has 1 atom stereocenters. The van der Waals surface area contributed by atoms with Gasteiger partial charge in [-0.3, -0.25) is 14.5 Å². The Labute approximate surface area is 198 Å². The molecule has 2 N–H and O–H groups in total. The van der Waals surface area contributed by atoms with Gasteiger partial charge in [0.2, 0.25) is 0 Å². The van der Waals surface area contributed by atoms with Gasteiger partial charge in [0.05, 0.1) is 34.6 Å². The number of thiophene rings is 1. The highest BCUT2D eigenvalue weighted by Crippen LogP contribution is 2.29. The van der Waals surface area contributed by atoms with E-state index in [1.54, 1.807) is 25.1 Å². The molecule has 1 saturated heterocycles. The number of carbonyl (C=O) groups excluding carboxylic acids is 2. The molecule has 0 aliphatic carbocycles. The van der Waals surface area contributed by atoms with Crippen LogP contribution in [0.3, 0.4) is 0 Å². The third kappa shape index (κ3) is 5.01. The van der Waals surface area contributed by atoms with Crippen molar-refractivity contribution in [2.45, 2.75) is 20.0 Å². The van der Waals surface area contributed by atoms with Gasteiger partial charge in [-0.1, -0.05) is 17.7 Å². The monoisotopic (exact) mass is 488 g/mol. The maximum absolute atomic E-state index is 12.4. The van der Waals surface area contributed by atoms with Crippen molar-refractivity contribution >= 4 is 40.6 Å². The maximum Gasteiger partial charge on any atom is 0.414 e. The summed E-state index contributed by atoms with van der Waals surface area (Å²) >= 11 is 7.05. The van der Waals surface area contributed by atoms with E-state index in [1.165, 1.54) is 22.4 Å². The fraction of sp³-hybridized carbons (Fsp3) is 0.273. The molecule has 2 aromatic heterocycles. The average Bonchev–Trinajstić information content (AvgIpc) is 3.39. The number of nitrogens with zero attached hydrogens (tertiary/aromatic N) is 2. The first kappa shape index (κ1) is 22.8. The number of halogens is 1. The molecule has 1 aliphatic heterocycles. The Bertz CT molecular complexity index is 1260. The van der Waals surface area contributed by atoms with Gasteiger partial charge in [-0.25, -0.2) is 9.78 Å². The summed E-state index contributed by atoms with van der Waals surface area (Å²) in [5, 5.41) is 2.77. The Balaban J connectivity index is 1.44. The Morgan fingerprint density at radius 2 is 2.18 bits per heavy atom. The summed E-state index contributed by atoms with van der Waals surface area (Å²) in [6, 6.07) is 8.76. The average molecular weight is 489 g/mol. The summed E-state index contributed by atoms with van der Waals surface area (Å²) in [6.45, 7) is 4.48. The largest absolute Gasteiger partial charge is 0.474 e. The first-order chi connectivity index (χ1) is 15.9. The summed E-state index contributed by atoms with van der Waals surface area (Å²) in [6.07, 6.45) is 0.559. The molecule has 0 saturated carbocycles. The molecule has 0 radical (unpaired) electrons. The van der Waals surface area contributed by atoms with Crippen LogP contribution in [0.15, 0.2) is 41.3 Å². The minimum Gasteiger partial charge on any atom is -0.474 e. The van der Waals surface area contributed by atoms with E-state index >= 15 is 0 Å². The summed E-state index contributed by atoms with van der Waals surface area (Å²) in [7, 11) is 0. The minimum atomic E-state index is -0.485. The van der Waals surface area contributed by atoms with Crippen molar-refractivity contribution < 1.29 is 19.1 Å². The van der Waals surface area contributed by atoms with Crippen LogP contribution in [0.4, 0.5) is 10.5 Å². The molecule has 2 amide bonds. The molecule has 11 heteroatoms. The molecule has 1 aliphatic rings. The zero-order valence-corrected chi connectivity index (χ0v) is 19.5. The van der Waals surface area contributed by atoms with Gasteiger partial charge < -0.3 is 19.8 Å². The van der Waals surface area contributed by atoms with Crippen LogP contribution < -0.4 is 20.5 Å². The van der Waals surface area contributed by atoms with E-state index in [0.29, 0.717) is 33.7 Å². The third-order valence-electron chi connectivity index (χ3n) is 5.00. The number of aromatic amines is 1. The minimum absolute atomic E-state index is 0.0105. The Kier molecular flexibility index (Phi) is 6.66. The number of nitrogens with one attached hydrogen (secondary N) is 2. The number of aromatic nitrogens is 2. The molecule has 1 aromatic carbocycles. The smallest absolute Gasteiger partial charge is 0.414 e. The zero-order valence-electron chi connectivity index (χ0n) is 17.9.